The van der Waals surface area contributed by atoms with E-state index in [4.69, 9.17) is 0 Å². The molecule has 2 rings (SSSR count). The fourth-order valence-corrected chi connectivity index (χ4v) is 2.27. The molecule has 2 aromatic carbocycles. The van der Waals surface area contributed by atoms with Gasteiger partial charge in [-0.2, -0.15) is 13.2 Å². The number of alkyl halides is 3. The van der Waals surface area contributed by atoms with E-state index in [2.05, 4.69) is 16.0 Å². The zero-order chi connectivity index (χ0) is 20.9. The molecule has 0 fully saturated rings. The standard InChI is InChI=1S/C20H22F3N3O2/c1-19(2,3)24-12-17(27)25-15-8-4-6-13(10-15)18(28)26-16-9-5-7-14(11-16)20(21,22)23/h4-11,24H,12H2,1-3H3,(H,25,27)(H,26,28). The molecule has 0 radical (unpaired) electrons. The third-order valence-electron chi connectivity index (χ3n) is 3.64. The molecule has 0 saturated heterocycles. The quantitative estimate of drug-likeness (QED) is 0.710. The molecule has 3 N–H and O–H groups in total. The van der Waals surface area contributed by atoms with Crippen LogP contribution in [-0.2, 0) is 11.0 Å². The number of carbonyl (C=O) groups is 2. The number of amides is 2. The van der Waals surface area contributed by atoms with E-state index < -0.39 is 17.6 Å². The van der Waals surface area contributed by atoms with Crippen LogP contribution in [0.4, 0.5) is 24.5 Å². The normalized spacial score (nSPS) is 11.8. The molecule has 0 aliphatic carbocycles. The molecular formula is C20H22F3N3O2. The molecule has 0 atom stereocenters. The highest BCUT2D eigenvalue weighted by Crippen LogP contribution is 2.30. The number of benzene rings is 2. The van der Waals surface area contributed by atoms with Gasteiger partial charge in [-0.15, -0.1) is 0 Å². The van der Waals surface area contributed by atoms with Gasteiger partial charge in [-0.25, -0.2) is 0 Å². The Kier molecular flexibility index (Phi) is 6.45. The van der Waals surface area contributed by atoms with Gasteiger partial charge in [-0.1, -0.05) is 12.1 Å². The van der Waals surface area contributed by atoms with Crippen molar-refractivity contribution in [2.45, 2.75) is 32.5 Å². The number of rotatable bonds is 5. The lowest BCUT2D eigenvalue weighted by atomic mass is 10.1. The maximum Gasteiger partial charge on any atom is 0.416 e. The highest BCUT2D eigenvalue weighted by molar-refractivity contribution is 6.05. The topological polar surface area (TPSA) is 70.2 Å². The summed E-state index contributed by atoms with van der Waals surface area (Å²) in [6, 6.07) is 10.5. The van der Waals surface area contributed by atoms with Gasteiger partial charge in [-0.05, 0) is 57.2 Å². The van der Waals surface area contributed by atoms with E-state index in [1.807, 2.05) is 20.8 Å². The SMILES string of the molecule is CC(C)(C)NCC(=O)Nc1cccc(C(=O)Nc2cccc(C(F)(F)F)c2)c1. The molecule has 8 heteroatoms. The Labute approximate surface area is 161 Å². The summed E-state index contributed by atoms with van der Waals surface area (Å²) in [5.41, 5.74) is -0.415. The van der Waals surface area contributed by atoms with Gasteiger partial charge in [0.25, 0.3) is 5.91 Å². The van der Waals surface area contributed by atoms with Crippen molar-refractivity contribution in [2.24, 2.45) is 0 Å². The predicted molar refractivity (Wildman–Crippen MR) is 102 cm³/mol. The number of hydrogen-bond donors (Lipinski definition) is 3. The Balaban J connectivity index is 2.05. The highest BCUT2D eigenvalue weighted by atomic mass is 19.4. The smallest absolute Gasteiger partial charge is 0.325 e. The van der Waals surface area contributed by atoms with Crippen molar-refractivity contribution in [2.75, 3.05) is 17.2 Å². The fourth-order valence-electron chi connectivity index (χ4n) is 2.27. The maximum atomic E-state index is 12.8. The minimum Gasteiger partial charge on any atom is -0.325 e. The van der Waals surface area contributed by atoms with Gasteiger partial charge in [0.05, 0.1) is 12.1 Å². The van der Waals surface area contributed by atoms with Crippen molar-refractivity contribution in [3.05, 3.63) is 59.7 Å². The Bertz CT molecular complexity index is 858. The number of anilines is 2. The van der Waals surface area contributed by atoms with E-state index >= 15 is 0 Å². The molecular weight excluding hydrogens is 371 g/mol. The summed E-state index contributed by atoms with van der Waals surface area (Å²) in [7, 11) is 0. The van der Waals surface area contributed by atoms with E-state index in [-0.39, 0.29) is 29.2 Å². The van der Waals surface area contributed by atoms with Crippen molar-refractivity contribution in [3.63, 3.8) is 0 Å². The number of carbonyl (C=O) groups excluding carboxylic acids is 2. The van der Waals surface area contributed by atoms with Crippen LogP contribution in [0.1, 0.15) is 36.7 Å². The maximum absolute atomic E-state index is 12.8. The van der Waals surface area contributed by atoms with Crippen molar-refractivity contribution >= 4 is 23.2 Å². The van der Waals surface area contributed by atoms with E-state index in [1.165, 1.54) is 24.3 Å². The molecule has 0 saturated carbocycles. The Morgan fingerprint density at radius 1 is 0.893 bits per heavy atom. The second-order valence-electron chi connectivity index (χ2n) is 7.27. The van der Waals surface area contributed by atoms with E-state index in [0.29, 0.717) is 5.69 Å². The summed E-state index contributed by atoms with van der Waals surface area (Å²) in [6.45, 7) is 5.89. The fraction of sp³-hybridized carbons (Fsp3) is 0.300. The van der Waals surface area contributed by atoms with Gasteiger partial charge in [0.15, 0.2) is 0 Å². The van der Waals surface area contributed by atoms with Crippen molar-refractivity contribution < 1.29 is 22.8 Å². The average Bonchev–Trinajstić information content (AvgIpc) is 2.59. The summed E-state index contributed by atoms with van der Waals surface area (Å²) in [5.74, 6) is -0.853. The molecule has 0 bridgehead atoms. The molecule has 0 aliphatic heterocycles. The first-order valence-electron chi connectivity index (χ1n) is 8.58. The lowest BCUT2D eigenvalue weighted by Crippen LogP contribution is -2.41. The summed E-state index contributed by atoms with van der Waals surface area (Å²) in [6.07, 6.45) is -4.49. The van der Waals surface area contributed by atoms with E-state index in [9.17, 15) is 22.8 Å². The van der Waals surface area contributed by atoms with Gasteiger partial charge in [0, 0.05) is 22.5 Å². The molecule has 0 aromatic heterocycles. The summed E-state index contributed by atoms with van der Waals surface area (Å²) in [4.78, 5) is 24.3. The Morgan fingerprint density at radius 2 is 1.50 bits per heavy atom. The first-order chi connectivity index (χ1) is 12.9. The van der Waals surface area contributed by atoms with Gasteiger partial charge < -0.3 is 16.0 Å². The lowest BCUT2D eigenvalue weighted by molar-refractivity contribution is -0.137. The van der Waals surface area contributed by atoms with Crippen LogP contribution in [0.15, 0.2) is 48.5 Å². The van der Waals surface area contributed by atoms with Crippen LogP contribution >= 0.6 is 0 Å². The number of hydrogen-bond acceptors (Lipinski definition) is 3. The minimum atomic E-state index is -4.49. The number of halogens is 3. The van der Waals surface area contributed by atoms with Crippen LogP contribution < -0.4 is 16.0 Å². The lowest BCUT2D eigenvalue weighted by Gasteiger charge is -2.20. The second-order valence-corrected chi connectivity index (χ2v) is 7.27. The molecule has 0 aliphatic rings. The van der Waals surface area contributed by atoms with Crippen molar-refractivity contribution in [1.29, 1.82) is 0 Å². The molecule has 28 heavy (non-hydrogen) atoms. The van der Waals surface area contributed by atoms with Crippen molar-refractivity contribution in [1.82, 2.24) is 5.32 Å². The van der Waals surface area contributed by atoms with E-state index in [0.717, 1.165) is 12.1 Å². The molecule has 0 spiro atoms. The van der Waals surface area contributed by atoms with Gasteiger partial charge >= 0.3 is 6.18 Å². The van der Waals surface area contributed by atoms with Crippen LogP contribution in [0.2, 0.25) is 0 Å². The average molecular weight is 393 g/mol. The molecule has 2 aromatic rings. The highest BCUT2D eigenvalue weighted by Gasteiger charge is 2.30. The summed E-state index contributed by atoms with van der Waals surface area (Å²) >= 11 is 0. The van der Waals surface area contributed by atoms with Crippen molar-refractivity contribution in [3.8, 4) is 0 Å². The summed E-state index contributed by atoms with van der Waals surface area (Å²) in [5, 5.41) is 8.15. The van der Waals surface area contributed by atoms with E-state index in [1.54, 1.807) is 12.1 Å². The molecule has 0 heterocycles. The zero-order valence-corrected chi connectivity index (χ0v) is 15.8. The number of nitrogens with one attached hydrogen (secondary N) is 3. The third kappa shape index (κ3) is 6.70. The third-order valence-corrected chi connectivity index (χ3v) is 3.64. The van der Waals surface area contributed by atoms with Crippen LogP contribution in [0, 0.1) is 0 Å². The van der Waals surface area contributed by atoms with Gasteiger partial charge in [-0.3, -0.25) is 9.59 Å². The minimum absolute atomic E-state index is 0.0311. The van der Waals surface area contributed by atoms with Crippen LogP contribution in [-0.4, -0.2) is 23.9 Å². The van der Waals surface area contributed by atoms with Gasteiger partial charge in [0.1, 0.15) is 0 Å². The van der Waals surface area contributed by atoms with Gasteiger partial charge in [0.2, 0.25) is 5.91 Å². The summed E-state index contributed by atoms with van der Waals surface area (Å²) < 4.78 is 38.3. The molecule has 2 amide bonds. The Hall–Kier alpha value is -2.87. The molecule has 0 unspecified atom stereocenters. The van der Waals surface area contributed by atoms with Crippen LogP contribution in [0.25, 0.3) is 0 Å². The zero-order valence-electron chi connectivity index (χ0n) is 15.8. The molecule has 5 nitrogen and oxygen atoms in total. The second kappa shape index (κ2) is 8.43. The first kappa shape index (κ1) is 21.4. The monoisotopic (exact) mass is 393 g/mol. The Morgan fingerprint density at radius 3 is 2.11 bits per heavy atom. The van der Waals surface area contributed by atoms with Crippen LogP contribution in [0.5, 0.6) is 0 Å². The largest absolute Gasteiger partial charge is 0.416 e. The molecule has 150 valence electrons. The van der Waals surface area contributed by atoms with Crippen LogP contribution in [0.3, 0.4) is 0 Å². The first-order valence-corrected chi connectivity index (χ1v) is 8.58. The predicted octanol–water partition coefficient (Wildman–Crippen LogP) is 4.28.